The van der Waals surface area contributed by atoms with Gasteiger partial charge in [0.1, 0.15) is 5.75 Å². The molecule has 0 atom stereocenters. The van der Waals surface area contributed by atoms with Crippen LogP contribution in [0.2, 0.25) is 0 Å². The lowest BCUT2D eigenvalue weighted by Crippen LogP contribution is -2.41. The third-order valence-electron chi connectivity index (χ3n) is 2.31. The summed E-state index contributed by atoms with van der Waals surface area (Å²) < 4.78 is 5.08. The van der Waals surface area contributed by atoms with Crippen LogP contribution >= 0.6 is 0 Å². The molecule has 4 heteroatoms. The summed E-state index contributed by atoms with van der Waals surface area (Å²) in [5.74, 6) is 0.564. The fourth-order valence-electron chi connectivity index (χ4n) is 1.58. The maximum Gasteiger partial charge on any atom is 0.427 e. The zero-order chi connectivity index (χ0) is 10.5. The highest BCUT2D eigenvalue weighted by Gasteiger charge is 2.14. The predicted octanol–water partition coefficient (Wildman–Crippen LogP) is 1.79. The van der Waals surface area contributed by atoms with E-state index >= 15 is 0 Å². The summed E-state index contributed by atoms with van der Waals surface area (Å²) in [5, 5.41) is 1.88. The fourth-order valence-corrected chi connectivity index (χ4v) is 1.58. The quantitative estimate of drug-likeness (QED) is 0.802. The summed E-state index contributed by atoms with van der Waals surface area (Å²) in [6.45, 7) is 1.81. The Morgan fingerprint density at radius 2 is 1.87 bits per heavy atom. The zero-order valence-electron chi connectivity index (χ0n) is 8.48. The number of amides is 1. The summed E-state index contributed by atoms with van der Waals surface area (Å²) in [4.78, 5) is 11.4. The van der Waals surface area contributed by atoms with Crippen LogP contribution in [-0.4, -0.2) is 24.2 Å². The number of carbonyl (C=O) groups is 1. The highest BCUT2D eigenvalue weighted by atomic mass is 16.6. The standard InChI is InChI=1S/C11H14N2O2/c14-11(12-13-8-4-5-9-13)15-10-6-2-1-3-7-10/h1-3,6-7H,4-5,8-9H2,(H,12,14). The molecule has 0 radical (unpaired) electrons. The lowest BCUT2D eigenvalue weighted by molar-refractivity contribution is 0.159. The molecule has 2 rings (SSSR count). The molecule has 1 heterocycles. The van der Waals surface area contributed by atoms with E-state index in [0.29, 0.717) is 5.75 Å². The van der Waals surface area contributed by atoms with Gasteiger partial charge in [0, 0.05) is 13.1 Å². The Balaban J connectivity index is 1.82. The monoisotopic (exact) mass is 206 g/mol. The highest BCUT2D eigenvalue weighted by molar-refractivity contribution is 5.69. The van der Waals surface area contributed by atoms with Crippen molar-refractivity contribution in [3.05, 3.63) is 30.3 Å². The molecule has 1 aromatic rings. The van der Waals surface area contributed by atoms with Gasteiger partial charge in [-0.25, -0.2) is 9.80 Å². The van der Waals surface area contributed by atoms with Gasteiger partial charge in [0.15, 0.2) is 0 Å². The van der Waals surface area contributed by atoms with Crippen molar-refractivity contribution >= 4 is 6.09 Å². The van der Waals surface area contributed by atoms with Crippen molar-refractivity contribution in [3.8, 4) is 5.75 Å². The number of nitrogens with one attached hydrogen (secondary N) is 1. The summed E-state index contributed by atoms with van der Waals surface area (Å²) >= 11 is 0. The molecule has 1 aliphatic heterocycles. The average Bonchev–Trinajstić information content (AvgIpc) is 2.71. The topological polar surface area (TPSA) is 41.6 Å². The fraction of sp³-hybridized carbons (Fsp3) is 0.364. The largest absolute Gasteiger partial charge is 0.427 e. The van der Waals surface area contributed by atoms with Crippen molar-refractivity contribution in [1.29, 1.82) is 0 Å². The third-order valence-corrected chi connectivity index (χ3v) is 2.31. The number of para-hydroxylation sites is 1. The number of hydrogen-bond acceptors (Lipinski definition) is 3. The maximum absolute atomic E-state index is 11.4. The Bertz CT molecular complexity index is 321. The van der Waals surface area contributed by atoms with Gasteiger partial charge in [0.2, 0.25) is 0 Å². The molecule has 1 aliphatic rings. The number of ether oxygens (including phenoxy) is 1. The Kier molecular flexibility index (Phi) is 3.19. The van der Waals surface area contributed by atoms with Crippen molar-refractivity contribution in [3.63, 3.8) is 0 Å². The molecular weight excluding hydrogens is 192 g/mol. The van der Waals surface area contributed by atoms with Crippen LogP contribution in [0.15, 0.2) is 30.3 Å². The molecular formula is C11H14N2O2. The van der Waals surface area contributed by atoms with E-state index in [9.17, 15) is 4.79 Å². The van der Waals surface area contributed by atoms with Crippen molar-refractivity contribution < 1.29 is 9.53 Å². The Labute approximate surface area is 88.8 Å². The first kappa shape index (κ1) is 9.98. The van der Waals surface area contributed by atoms with Crippen molar-refractivity contribution in [2.24, 2.45) is 0 Å². The van der Waals surface area contributed by atoms with Crippen molar-refractivity contribution in [2.75, 3.05) is 13.1 Å². The van der Waals surface area contributed by atoms with Gasteiger partial charge in [-0.3, -0.25) is 5.43 Å². The lowest BCUT2D eigenvalue weighted by Gasteiger charge is -2.15. The molecule has 1 N–H and O–H groups in total. The van der Waals surface area contributed by atoms with Crippen LogP contribution in [0.1, 0.15) is 12.8 Å². The Hall–Kier alpha value is -1.55. The zero-order valence-corrected chi connectivity index (χ0v) is 8.48. The third kappa shape index (κ3) is 2.95. The van der Waals surface area contributed by atoms with Gasteiger partial charge in [-0.1, -0.05) is 18.2 Å². The van der Waals surface area contributed by atoms with Gasteiger partial charge in [-0.15, -0.1) is 0 Å². The molecule has 1 aromatic carbocycles. The number of hydrogen-bond donors (Lipinski definition) is 1. The van der Waals surface area contributed by atoms with E-state index in [4.69, 9.17) is 4.74 Å². The second kappa shape index (κ2) is 4.79. The van der Waals surface area contributed by atoms with Crippen LogP contribution in [0.5, 0.6) is 5.75 Å². The molecule has 4 nitrogen and oxygen atoms in total. The van der Waals surface area contributed by atoms with Crippen LogP contribution in [0.25, 0.3) is 0 Å². The minimum Gasteiger partial charge on any atom is -0.409 e. The van der Waals surface area contributed by atoms with E-state index in [0.717, 1.165) is 25.9 Å². The van der Waals surface area contributed by atoms with E-state index in [1.165, 1.54) is 0 Å². The predicted molar refractivity (Wildman–Crippen MR) is 56.4 cm³/mol. The lowest BCUT2D eigenvalue weighted by atomic mass is 10.3. The Morgan fingerprint density at radius 3 is 2.53 bits per heavy atom. The first-order valence-corrected chi connectivity index (χ1v) is 5.13. The second-order valence-corrected chi connectivity index (χ2v) is 3.51. The molecule has 1 fully saturated rings. The van der Waals surface area contributed by atoms with Gasteiger partial charge in [-0.05, 0) is 25.0 Å². The minimum absolute atomic E-state index is 0.414. The molecule has 1 saturated heterocycles. The van der Waals surface area contributed by atoms with Crippen LogP contribution in [0.3, 0.4) is 0 Å². The SMILES string of the molecule is O=C(NN1CCCC1)Oc1ccccc1. The highest BCUT2D eigenvalue weighted by Crippen LogP contribution is 2.09. The second-order valence-electron chi connectivity index (χ2n) is 3.51. The average molecular weight is 206 g/mol. The van der Waals surface area contributed by atoms with E-state index in [1.807, 2.05) is 23.2 Å². The van der Waals surface area contributed by atoms with Crippen LogP contribution < -0.4 is 10.2 Å². The number of rotatable bonds is 2. The molecule has 15 heavy (non-hydrogen) atoms. The normalized spacial score (nSPS) is 16.3. The first-order chi connectivity index (χ1) is 7.34. The molecule has 0 saturated carbocycles. The van der Waals surface area contributed by atoms with E-state index in [1.54, 1.807) is 12.1 Å². The smallest absolute Gasteiger partial charge is 0.409 e. The summed E-state index contributed by atoms with van der Waals surface area (Å²) in [7, 11) is 0. The maximum atomic E-state index is 11.4. The molecule has 80 valence electrons. The van der Waals surface area contributed by atoms with Crippen LogP contribution in [0.4, 0.5) is 4.79 Å². The molecule has 0 unspecified atom stereocenters. The van der Waals surface area contributed by atoms with Gasteiger partial charge < -0.3 is 4.74 Å². The van der Waals surface area contributed by atoms with Gasteiger partial charge in [-0.2, -0.15) is 0 Å². The van der Waals surface area contributed by atoms with E-state index < -0.39 is 6.09 Å². The number of nitrogens with zero attached hydrogens (tertiary/aromatic N) is 1. The molecule has 0 aliphatic carbocycles. The van der Waals surface area contributed by atoms with E-state index in [2.05, 4.69) is 5.43 Å². The summed E-state index contributed by atoms with van der Waals surface area (Å²) in [5.41, 5.74) is 2.70. The first-order valence-electron chi connectivity index (χ1n) is 5.13. The summed E-state index contributed by atoms with van der Waals surface area (Å²) in [6.07, 6.45) is 1.85. The number of carbonyl (C=O) groups excluding carboxylic acids is 1. The molecule has 0 spiro atoms. The summed E-state index contributed by atoms with van der Waals surface area (Å²) in [6, 6.07) is 9.05. The molecule has 0 bridgehead atoms. The number of hydrazine groups is 1. The molecule has 1 amide bonds. The van der Waals surface area contributed by atoms with Gasteiger partial charge in [0.25, 0.3) is 0 Å². The van der Waals surface area contributed by atoms with Crippen LogP contribution in [0, 0.1) is 0 Å². The van der Waals surface area contributed by atoms with Crippen molar-refractivity contribution in [1.82, 2.24) is 10.4 Å². The Morgan fingerprint density at radius 1 is 1.20 bits per heavy atom. The van der Waals surface area contributed by atoms with Gasteiger partial charge in [0.05, 0.1) is 0 Å². The number of benzene rings is 1. The minimum atomic E-state index is -0.414. The van der Waals surface area contributed by atoms with Gasteiger partial charge >= 0.3 is 6.09 Å². The van der Waals surface area contributed by atoms with Crippen molar-refractivity contribution in [2.45, 2.75) is 12.8 Å². The van der Waals surface area contributed by atoms with E-state index in [-0.39, 0.29) is 0 Å². The van der Waals surface area contributed by atoms with Crippen LogP contribution in [-0.2, 0) is 0 Å². The molecule has 0 aromatic heterocycles.